The van der Waals surface area contributed by atoms with Gasteiger partial charge in [-0.2, -0.15) is 0 Å². The number of aryl methyl sites for hydroxylation is 1. The number of piperidine rings is 1. The van der Waals surface area contributed by atoms with Crippen molar-refractivity contribution in [2.24, 2.45) is 5.16 Å². The van der Waals surface area contributed by atoms with Gasteiger partial charge >= 0.3 is 7.12 Å². The van der Waals surface area contributed by atoms with Gasteiger partial charge in [0.15, 0.2) is 5.43 Å². The number of fused-ring (bicyclic) bond motifs is 2. The van der Waals surface area contributed by atoms with E-state index in [4.69, 9.17) is 9.17 Å². The molecule has 0 radical (unpaired) electrons. The number of benzene rings is 3. The molecule has 2 N–H and O–H groups in total. The van der Waals surface area contributed by atoms with Crippen molar-refractivity contribution >= 4 is 41.3 Å². The van der Waals surface area contributed by atoms with Gasteiger partial charge in [0.2, 0.25) is 5.88 Å². The molecule has 3 heterocycles. The summed E-state index contributed by atoms with van der Waals surface area (Å²) in [5.41, 5.74) is 7.81. The Morgan fingerprint density at radius 1 is 1.05 bits per heavy atom. The van der Waals surface area contributed by atoms with E-state index in [0.717, 1.165) is 59.4 Å². The van der Waals surface area contributed by atoms with Crippen LogP contribution in [0.15, 0.2) is 69.0 Å². The monoisotopic (exact) mass is 521 g/mol. The summed E-state index contributed by atoms with van der Waals surface area (Å²) in [6.45, 7) is 7.81. The van der Waals surface area contributed by atoms with Crippen molar-refractivity contribution in [1.82, 2.24) is 0 Å². The molecule has 1 saturated heterocycles. The molecule has 198 valence electrons. The lowest BCUT2D eigenvalue weighted by atomic mass is 9.75. The average Bonchev–Trinajstić information content (AvgIpc) is 2.95. The number of nitrogens with zero attached hydrogens (tertiary/aromatic N) is 2. The summed E-state index contributed by atoms with van der Waals surface area (Å²) in [4.78, 5) is 15.7. The molecule has 39 heavy (non-hydrogen) atoms. The second kappa shape index (κ2) is 10.3. The number of hydrogen-bond acceptors (Lipinski definition) is 7. The quantitative estimate of drug-likeness (QED) is 0.347. The average molecular weight is 521 g/mol. The molecule has 0 unspecified atom stereocenters. The molecule has 6 rings (SSSR count). The Balaban J connectivity index is 1.40. The van der Waals surface area contributed by atoms with Crippen molar-refractivity contribution in [2.75, 3.05) is 23.3 Å². The Labute approximate surface area is 228 Å². The van der Waals surface area contributed by atoms with Crippen LogP contribution in [0.1, 0.15) is 54.5 Å². The van der Waals surface area contributed by atoms with E-state index in [0.29, 0.717) is 27.9 Å². The van der Waals surface area contributed by atoms with Crippen molar-refractivity contribution in [1.29, 1.82) is 0 Å². The molecule has 0 amide bonds. The molecule has 8 heteroatoms. The summed E-state index contributed by atoms with van der Waals surface area (Å²) in [6, 6.07) is 17.9. The van der Waals surface area contributed by atoms with Gasteiger partial charge in [-0.25, -0.2) is 0 Å². The van der Waals surface area contributed by atoms with E-state index >= 15 is 0 Å². The number of nitrogens with one attached hydrogen (secondary N) is 1. The highest BCUT2D eigenvalue weighted by atomic mass is 16.6. The number of para-hydroxylation sites is 1. The molecule has 4 aromatic rings. The van der Waals surface area contributed by atoms with Crippen molar-refractivity contribution in [3.8, 4) is 11.1 Å². The van der Waals surface area contributed by atoms with Gasteiger partial charge in [-0.1, -0.05) is 36.4 Å². The molecule has 1 fully saturated rings. The molecule has 1 atom stereocenters. The van der Waals surface area contributed by atoms with E-state index in [1.807, 2.05) is 50.2 Å². The van der Waals surface area contributed by atoms with E-state index < -0.39 is 7.12 Å². The third kappa shape index (κ3) is 4.70. The zero-order valence-corrected chi connectivity index (χ0v) is 22.5. The van der Waals surface area contributed by atoms with E-state index in [2.05, 4.69) is 40.5 Å². The van der Waals surface area contributed by atoms with Crippen molar-refractivity contribution in [3.63, 3.8) is 0 Å². The molecule has 2 aliphatic rings. The summed E-state index contributed by atoms with van der Waals surface area (Å²) < 4.78 is 11.5. The topological polar surface area (TPSA) is 87.3 Å². The summed E-state index contributed by atoms with van der Waals surface area (Å²) in [5.74, 6) is 0.701. The van der Waals surface area contributed by atoms with Crippen molar-refractivity contribution < 1.29 is 14.2 Å². The number of hydrogen-bond donors (Lipinski definition) is 2. The Hall–Kier alpha value is -4.04. The van der Waals surface area contributed by atoms with Gasteiger partial charge in [-0.05, 0) is 74.9 Å². The van der Waals surface area contributed by atoms with Crippen LogP contribution in [0.4, 0.5) is 11.6 Å². The van der Waals surface area contributed by atoms with Crippen molar-refractivity contribution in [3.05, 3.63) is 87.1 Å². The van der Waals surface area contributed by atoms with Crippen LogP contribution in [-0.2, 0) is 4.76 Å². The molecule has 7 nitrogen and oxygen atoms in total. The number of rotatable bonds is 5. The van der Waals surface area contributed by atoms with Crippen LogP contribution < -0.4 is 21.1 Å². The molecule has 0 spiro atoms. The molecule has 1 aromatic heterocycles. The van der Waals surface area contributed by atoms with Crippen LogP contribution >= 0.6 is 0 Å². The zero-order valence-electron chi connectivity index (χ0n) is 22.5. The van der Waals surface area contributed by atoms with E-state index in [1.54, 1.807) is 6.21 Å². The molecule has 2 aliphatic heterocycles. The fraction of sp³-hybridized carbons (Fsp3) is 0.290. The minimum atomic E-state index is -1.06. The fourth-order valence-electron chi connectivity index (χ4n) is 5.73. The van der Waals surface area contributed by atoms with Crippen LogP contribution in [0.3, 0.4) is 0 Å². The lowest BCUT2D eigenvalue weighted by Gasteiger charge is -2.29. The van der Waals surface area contributed by atoms with E-state index in [9.17, 15) is 9.82 Å². The molecule has 0 aliphatic carbocycles. The van der Waals surface area contributed by atoms with Gasteiger partial charge in [0, 0.05) is 35.4 Å². The Kier molecular flexibility index (Phi) is 6.65. The maximum atomic E-state index is 13.5. The van der Waals surface area contributed by atoms with Gasteiger partial charge in [0.05, 0.1) is 23.2 Å². The molecule has 0 saturated carbocycles. The molecular weight excluding hydrogens is 489 g/mol. The smallest absolute Gasteiger partial charge is 0.440 e. The number of oxime groups is 1. The zero-order chi connectivity index (χ0) is 27.1. The SMILES string of the molecule is Cc1cc([C@@H](C)Nc2ccccc2-c2ccc3c(c2)C=NOB3O)c2oc(N3CCCCC3)c(C)c(=O)c2c1. The normalized spacial score (nSPS) is 15.7. The predicted octanol–water partition coefficient (Wildman–Crippen LogP) is 5.29. The number of anilines is 2. The van der Waals surface area contributed by atoms with Gasteiger partial charge in [-0.15, -0.1) is 5.16 Å². The summed E-state index contributed by atoms with van der Waals surface area (Å²) in [7, 11) is -1.06. The minimum absolute atomic E-state index is 0.0382. The van der Waals surface area contributed by atoms with E-state index in [-0.39, 0.29) is 11.5 Å². The third-order valence-corrected chi connectivity index (χ3v) is 7.79. The molecular formula is C31H32BN3O4. The van der Waals surface area contributed by atoms with Crippen molar-refractivity contribution in [2.45, 2.75) is 46.1 Å². The largest absolute Gasteiger partial charge is 0.583 e. The Bertz CT molecular complexity index is 1640. The van der Waals surface area contributed by atoms with Crippen LogP contribution in [-0.4, -0.2) is 31.4 Å². The standard InChI is InChI=1S/C31H32BN3O4/c1-19-15-25(30-26(16-19)29(36)20(2)31(38-30)35-13-7-4-8-14-35)21(3)34-28-10-6-5-9-24(28)22-11-12-27-23(17-22)18-33-39-32(27)37/h5-6,9-12,15-18,21,34,37H,4,7-8,13-14H2,1-3H3/t21-/m1/s1. The predicted molar refractivity (Wildman–Crippen MR) is 158 cm³/mol. The van der Waals surface area contributed by atoms with Crippen LogP contribution in [0, 0.1) is 13.8 Å². The first kappa shape index (κ1) is 25.3. The maximum absolute atomic E-state index is 13.5. The second-order valence-electron chi connectivity index (χ2n) is 10.6. The Morgan fingerprint density at radius 2 is 1.85 bits per heavy atom. The van der Waals surface area contributed by atoms with Gasteiger partial charge in [0.1, 0.15) is 5.58 Å². The lowest BCUT2D eigenvalue weighted by Crippen LogP contribution is -2.37. The highest BCUT2D eigenvalue weighted by molar-refractivity contribution is 6.62. The highest BCUT2D eigenvalue weighted by Crippen LogP contribution is 2.35. The first-order valence-electron chi connectivity index (χ1n) is 13.6. The van der Waals surface area contributed by atoms with Gasteiger partial charge < -0.3 is 24.4 Å². The second-order valence-corrected chi connectivity index (χ2v) is 10.6. The first-order chi connectivity index (χ1) is 18.9. The lowest BCUT2D eigenvalue weighted by molar-refractivity contribution is 0.286. The van der Waals surface area contributed by atoms with E-state index in [1.165, 1.54) is 6.42 Å². The van der Waals surface area contributed by atoms with Crippen LogP contribution in [0.5, 0.6) is 0 Å². The van der Waals surface area contributed by atoms with Crippen LogP contribution in [0.25, 0.3) is 22.1 Å². The first-order valence-corrected chi connectivity index (χ1v) is 13.6. The van der Waals surface area contributed by atoms with Gasteiger partial charge in [0.25, 0.3) is 0 Å². The summed E-state index contributed by atoms with van der Waals surface area (Å²) in [6.07, 6.45) is 5.05. The third-order valence-electron chi connectivity index (χ3n) is 7.79. The minimum Gasteiger partial charge on any atom is -0.440 e. The highest BCUT2D eigenvalue weighted by Gasteiger charge is 2.26. The fourth-order valence-corrected chi connectivity index (χ4v) is 5.73. The molecule has 0 bridgehead atoms. The summed E-state index contributed by atoms with van der Waals surface area (Å²) in [5, 5.41) is 18.2. The van der Waals surface area contributed by atoms with Crippen LogP contribution in [0.2, 0.25) is 0 Å². The molecule has 3 aromatic carbocycles. The summed E-state index contributed by atoms with van der Waals surface area (Å²) >= 11 is 0. The maximum Gasteiger partial charge on any atom is 0.583 e. The van der Waals surface area contributed by atoms with Gasteiger partial charge in [-0.3, -0.25) is 4.79 Å². The Morgan fingerprint density at radius 3 is 2.67 bits per heavy atom.